The Balaban J connectivity index is 2.69. The Hall–Kier alpha value is -1.79. The van der Waals surface area contributed by atoms with Crippen molar-refractivity contribution in [1.29, 1.82) is 0 Å². The number of aliphatic hydroxyl groups is 1. The summed E-state index contributed by atoms with van der Waals surface area (Å²) in [5.74, 6) is 6.14. The van der Waals surface area contributed by atoms with Crippen molar-refractivity contribution in [3.05, 3.63) is 35.4 Å². The van der Waals surface area contributed by atoms with Gasteiger partial charge < -0.3 is 10.4 Å². The lowest BCUT2D eigenvalue weighted by molar-refractivity contribution is -0.125. The van der Waals surface area contributed by atoms with Crippen molar-refractivity contribution in [3.63, 3.8) is 0 Å². The Morgan fingerprint density at radius 3 is 2.65 bits per heavy atom. The molecule has 1 amide bonds. The van der Waals surface area contributed by atoms with Gasteiger partial charge in [0.1, 0.15) is 0 Å². The number of nitrogens with one attached hydrogen (secondary N) is 1. The van der Waals surface area contributed by atoms with E-state index in [-0.39, 0.29) is 18.4 Å². The molecule has 0 aliphatic carbocycles. The second kappa shape index (κ2) is 9.17. The van der Waals surface area contributed by atoms with Crippen LogP contribution >= 0.6 is 0 Å². The van der Waals surface area contributed by atoms with Crippen LogP contribution in [0.1, 0.15) is 44.2 Å². The first kappa shape index (κ1) is 16.3. The van der Waals surface area contributed by atoms with Gasteiger partial charge in [0.25, 0.3) is 0 Å². The zero-order valence-corrected chi connectivity index (χ0v) is 12.3. The molecule has 0 aromatic heterocycles. The number of hydrogen-bond acceptors (Lipinski definition) is 2. The molecular weight excluding hydrogens is 250 g/mol. The average molecular weight is 273 g/mol. The Labute approximate surface area is 121 Å². The highest BCUT2D eigenvalue weighted by Gasteiger charge is 2.13. The molecule has 20 heavy (non-hydrogen) atoms. The number of benzene rings is 1. The topological polar surface area (TPSA) is 49.3 Å². The zero-order valence-electron chi connectivity index (χ0n) is 12.3. The van der Waals surface area contributed by atoms with E-state index < -0.39 is 0 Å². The smallest absolute Gasteiger partial charge is 0.223 e. The number of hydrogen-bond donors (Lipinski definition) is 2. The summed E-state index contributed by atoms with van der Waals surface area (Å²) in [6, 6.07) is 7.77. The second-order valence-electron chi connectivity index (χ2n) is 4.66. The van der Waals surface area contributed by atoms with Crippen LogP contribution in [0, 0.1) is 17.8 Å². The molecule has 0 aliphatic rings. The minimum Gasteiger partial charge on any atom is -0.395 e. The SMILES string of the molecule is CCC(CC)C(=O)NCc1ccccc1C#CCCO. The van der Waals surface area contributed by atoms with Crippen molar-refractivity contribution in [2.45, 2.75) is 39.7 Å². The largest absolute Gasteiger partial charge is 0.395 e. The van der Waals surface area contributed by atoms with E-state index in [4.69, 9.17) is 5.11 Å². The lowest BCUT2D eigenvalue weighted by Crippen LogP contribution is -2.29. The summed E-state index contributed by atoms with van der Waals surface area (Å²) in [6.07, 6.45) is 2.19. The van der Waals surface area contributed by atoms with Gasteiger partial charge in [0, 0.05) is 24.4 Å². The van der Waals surface area contributed by atoms with Gasteiger partial charge in [0.15, 0.2) is 0 Å². The molecule has 0 atom stereocenters. The summed E-state index contributed by atoms with van der Waals surface area (Å²) in [7, 11) is 0. The number of carbonyl (C=O) groups excluding carboxylic acids is 1. The molecular formula is C17H23NO2. The van der Waals surface area contributed by atoms with E-state index in [0.717, 1.165) is 24.0 Å². The van der Waals surface area contributed by atoms with E-state index in [1.54, 1.807) is 0 Å². The molecule has 2 N–H and O–H groups in total. The average Bonchev–Trinajstić information content (AvgIpc) is 2.48. The number of carbonyl (C=O) groups is 1. The summed E-state index contributed by atoms with van der Waals surface area (Å²) in [5, 5.41) is 11.7. The Morgan fingerprint density at radius 1 is 1.30 bits per heavy atom. The normalized spacial score (nSPS) is 10.0. The first-order valence-corrected chi connectivity index (χ1v) is 7.18. The van der Waals surface area contributed by atoms with Crippen LogP contribution in [0.15, 0.2) is 24.3 Å². The molecule has 0 fully saturated rings. The van der Waals surface area contributed by atoms with Gasteiger partial charge >= 0.3 is 0 Å². The van der Waals surface area contributed by atoms with Crippen molar-refractivity contribution < 1.29 is 9.90 Å². The van der Waals surface area contributed by atoms with Crippen molar-refractivity contribution in [2.24, 2.45) is 5.92 Å². The molecule has 0 saturated carbocycles. The van der Waals surface area contributed by atoms with E-state index in [9.17, 15) is 4.79 Å². The monoisotopic (exact) mass is 273 g/mol. The van der Waals surface area contributed by atoms with Gasteiger partial charge in [-0.3, -0.25) is 4.79 Å². The number of amides is 1. The predicted octanol–water partition coefficient (Wildman–Crippen LogP) is 2.47. The highest BCUT2D eigenvalue weighted by molar-refractivity contribution is 5.78. The quantitative estimate of drug-likeness (QED) is 0.782. The van der Waals surface area contributed by atoms with Crippen LogP contribution < -0.4 is 5.32 Å². The molecule has 1 aromatic carbocycles. The first-order chi connectivity index (χ1) is 9.72. The minimum absolute atomic E-state index is 0.0700. The number of rotatable bonds is 6. The van der Waals surface area contributed by atoms with Gasteiger partial charge in [-0.05, 0) is 24.5 Å². The third-order valence-electron chi connectivity index (χ3n) is 3.29. The van der Waals surface area contributed by atoms with Crippen LogP contribution in [-0.2, 0) is 11.3 Å². The summed E-state index contributed by atoms with van der Waals surface area (Å²) in [5.41, 5.74) is 1.92. The van der Waals surface area contributed by atoms with Crippen molar-refractivity contribution >= 4 is 5.91 Å². The van der Waals surface area contributed by atoms with E-state index in [1.165, 1.54) is 0 Å². The Kier molecular flexibility index (Phi) is 7.46. The molecule has 0 heterocycles. The van der Waals surface area contributed by atoms with E-state index in [1.807, 2.05) is 38.1 Å². The maximum Gasteiger partial charge on any atom is 0.223 e. The molecule has 0 bridgehead atoms. The van der Waals surface area contributed by atoms with Crippen molar-refractivity contribution in [3.8, 4) is 11.8 Å². The second-order valence-corrected chi connectivity index (χ2v) is 4.66. The fourth-order valence-corrected chi connectivity index (χ4v) is 2.00. The maximum atomic E-state index is 12.0. The third-order valence-corrected chi connectivity index (χ3v) is 3.29. The molecule has 1 rings (SSSR count). The lowest BCUT2D eigenvalue weighted by atomic mass is 10.0. The molecule has 0 radical (unpaired) electrons. The van der Waals surface area contributed by atoms with Gasteiger partial charge in [0.05, 0.1) is 6.61 Å². The first-order valence-electron chi connectivity index (χ1n) is 7.18. The summed E-state index contributed by atoms with van der Waals surface area (Å²) in [6.45, 7) is 4.63. The van der Waals surface area contributed by atoms with Gasteiger partial charge in [-0.2, -0.15) is 0 Å². The third kappa shape index (κ3) is 5.07. The summed E-state index contributed by atoms with van der Waals surface area (Å²) in [4.78, 5) is 12.0. The fourth-order valence-electron chi connectivity index (χ4n) is 2.00. The van der Waals surface area contributed by atoms with Gasteiger partial charge in [-0.15, -0.1) is 0 Å². The summed E-state index contributed by atoms with van der Waals surface area (Å²) >= 11 is 0. The molecule has 0 saturated heterocycles. The highest BCUT2D eigenvalue weighted by atomic mass is 16.2. The van der Waals surface area contributed by atoms with Gasteiger partial charge in [0.2, 0.25) is 5.91 Å². The highest BCUT2D eigenvalue weighted by Crippen LogP contribution is 2.10. The lowest BCUT2D eigenvalue weighted by Gasteiger charge is -2.13. The molecule has 3 nitrogen and oxygen atoms in total. The maximum absolute atomic E-state index is 12.0. The van der Waals surface area contributed by atoms with Crippen LogP contribution in [0.5, 0.6) is 0 Å². The molecule has 0 aliphatic heterocycles. The van der Waals surface area contributed by atoms with Crippen LogP contribution in [0.2, 0.25) is 0 Å². The van der Waals surface area contributed by atoms with Crippen LogP contribution in [-0.4, -0.2) is 17.6 Å². The van der Waals surface area contributed by atoms with Crippen LogP contribution in [0.3, 0.4) is 0 Å². The molecule has 3 heteroatoms. The Bertz CT molecular complexity index is 481. The van der Waals surface area contributed by atoms with E-state index in [2.05, 4.69) is 17.2 Å². The molecule has 0 spiro atoms. The standard InChI is InChI=1S/C17H23NO2/c1-3-14(4-2)17(20)18-13-16-11-6-5-9-15(16)10-7-8-12-19/h5-6,9,11,14,19H,3-4,8,12-13H2,1-2H3,(H,18,20). The van der Waals surface area contributed by atoms with Gasteiger partial charge in [-0.25, -0.2) is 0 Å². The van der Waals surface area contributed by atoms with Crippen molar-refractivity contribution in [2.75, 3.05) is 6.61 Å². The Morgan fingerprint density at radius 2 is 2.00 bits per heavy atom. The predicted molar refractivity (Wildman–Crippen MR) is 80.9 cm³/mol. The number of aliphatic hydroxyl groups excluding tert-OH is 1. The van der Waals surface area contributed by atoms with E-state index >= 15 is 0 Å². The zero-order chi connectivity index (χ0) is 14.8. The summed E-state index contributed by atoms with van der Waals surface area (Å²) < 4.78 is 0. The van der Waals surface area contributed by atoms with Gasteiger partial charge in [-0.1, -0.05) is 43.9 Å². The molecule has 108 valence electrons. The molecule has 0 unspecified atom stereocenters. The van der Waals surface area contributed by atoms with E-state index in [0.29, 0.717) is 13.0 Å². The minimum atomic E-state index is 0.0700. The fraction of sp³-hybridized carbons (Fsp3) is 0.471. The van der Waals surface area contributed by atoms with Crippen molar-refractivity contribution in [1.82, 2.24) is 5.32 Å². The van der Waals surface area contributed by atoms with Crippen LogP contribution in [0.25, 0.3) is 0 Å². The molecule has 1 aromatic rings. The van der Waals surface area contributed by atoms with Crippen LogP contribution in [0.4, 0.5) is 0 Å².